The smallest absolute Gasteiger partial charge is 0.146 e. The van der Waals surface area contributed by atoms with E-state index in [1.807, 2.05) is 0 Å². The maximum absolute atomic E-state index is 12.8. The van der Waals surface area contributed by atoms with Crippen LogP contribution in [0.5, 0.6) is 0 Å². The van der Waals surface area contributed by atoms with Crippen LogP contribution in [0.25, 0.3) is 0 Å². The van der Waals surface area contributed by atoms with Gasteiger partial charge in [-0.1, -0.05) is 6.07 Å². The third kappa shape index (κ3) is 2.20. The Balaban J connectivity index is 2.91. The molecule has 78 valence electrons. The van der Waals surface area contributed by atoms with Crippen molar-refractivity contribution in [1.82, 2.24) is 0 Å². The molecule has 1 rings (SSSR count). The van der Waals surface area contributed by atoms with Gasteiger partial charge < -0.3 is 21.7 Å². The Morgan fingerprint density at radius 1 is 1.36 bits per heavy atom. The number of benzene rings is 1. The van der Waals surface area contributed by atoms with E-state index in [-0.39, 0.29) is 12.2 Å². The number of anilines is 1. The van der Waals surface area contributed by atoms with Gasteiger partial charge in [-0.15, -0.1) is 0 Å². The van der Waals surface area contributed by atoms with E-state index in [4.69, 9.17) is 11.5 Å². The fourth-order valence-electron chi connectivity index (χ4n) is 1.10. The summed E-state index contributed by atoms with van der Waals surface area (Å²) in [6.45, 7) is -0.0710. The quantitative estimate of drug-likeness (QED) is 0.507. The summed E-state index contributed by atoms with van der Waals surface area (Å²) in [5.41, 5.74) is 10.7. The highest BCUT2D eigenvalue weighted by Crippen LogP contribution is 2.20. The Kier molecular flexibility index (Phi) is 3.40. The Bertz CT molecular complexity index is 320. The van der Waals surface area contributed by atoms with Crippen LogP contribution in [0.4, 0.5) is 10.1 Å². The third-order valence-corrected chi connectivity index (χ3v) is 1.97. The molecule has 2 atom stereocenters. The number of rotatable bonds is 3. The summed E-state index contributed by atoms with van der Waals surface area (Å²) in [4.78, 5) is 0. The van der Waals surface area contributed by atoms with Gasteiger partial charge in [0, 0.05) is 6.54 Å². The molecule has 6 N–H and O–H groups in total. The van der Waals surface area contributed by atoms with Gasteiger partial charge in [0.25, 0.3) is 0 Å². The van der Waals surface area contributed by atoms with Crippen molar-refractivity contribution >= 4 is 5.69 Å². The Morgan fingerprint density at radius 3 is 2.50 bits per heavy atom. The summed E-state index contributed by atoms with van der Waals surface area (Å²) in [5, 5.41) is 18.7. The van der Waals surface area contributed by atoms with E-state index in [1.165, 1.54) is 12.1 Å². The maximum atomic E-state index is 12.8. The van der Waals surface area contributed by atoms with Crippen LogP contribution >= 0.6 is 0 Å². The van der Waals surface area contributed by atoms with Gasteiger partial charge in [-0.3, -0.25) is 0 Å². The molecule has 0 aliphatic carbocycles. The van der Waals surface area contributed by atoms with Crippen molar-refractivity contribution in [2.24, 2.45) is 5.73 Å². The van der Waals surface area contributed by atoms with Gasteiger partial charge in [0.2, 0.25) is 0 Å². The van der Waals surface area contributed by atoms with Gasteiger partial charge in [-0.2, -0.15) is 0 Å². The molecule has 0 saturated heterocycles. The highest BCUT2D eigenvalue weighted by Gasteiger charge is 2.17. The summed E-state index contributed by atoms with van der Waals surface area (Å²) in [7, 11) is 0. The molecule has 0 aliphatic heterocycles. The first-order valence-corrected chi connectivity index (χ1v) is 4.17. The number of nitrogens with two attached hydrogens (primary N) is 2. The zero-order valence-electron chi connectivity index (χ0n) is 7.52. The minimum Gasteiger partial charge on any atom is -0.396 e. The van der Waals surface area contributed by atoms with E-state index in [0.717, 1.165) is 6.07 Å². The lowest BCUT2D eigenvalue weighted by Gasteiger charge is -2.16. The summed E-state index contributed by atoms with van der Waals surface area (Å²) in [6.07, 6.45) is -2.21. The second-order valence-corrected chi connectivity index (χ2v) is 3.03. The molecule has 0 spiro atoms. The Morgan fingerprint density at radius 2 is 2.00 bits per heavy atom. The fraction of sp³-hybridized carbons (Fsp3) is 0.333. The molecular formula is C9H13FN2O2. The first-order chi connectivity index (χ1) is 6.56. The van der Waals surface area contributed by atoms with E-state index < -0.39 is 18.0 Å². The predicted molar refractivity (Wildman–Crippen MR) is 50.8 cm³/mol. The van der Waals surface area contributed by atoms with Crippen LogP contribution in [0, 0.1) is 5.82 Å². The van der Waals surface area contributed by atoms with Gasteiger partial charge in [0.05, 0.1) is 11.8 Å². The molecule has 0 bridgehead atoms. The summed E-state index contributed by atoms with van der Waals surface area (Å²) >= 11 is 0. The molecule has 5 heteroatoms. The molecule has 0 aliphatic rings. The average molecular weight is 200 g/mol. The Labute approximate surface area is 81.0 Å². The molecular weight excluding hydrogens is 187 g/mol. The second-order valence-electron chi connectivity index (χ2n) is 3.03. The number of nitrogen functional groups attached to an aromatic ring is 1. The predicted octanol–water partition coefficient (Wildman–Crippen LogP) is -0.239. The SMILES string of the molecule is NCC(O)C(O)c1ccc(F)c(N)c1. The summed E-state index contributed by atoms with van der Waals surface area (Å²) < 4.78 is 12.8. The maximum Gasteiger partial charge on any atom is 0.146 e. The standard InChI is InChI=1S/C9H13FN2O2/c10-6-2-1-5(3-7(6)12)9(14)8(13)4-11/h1-3,8-9,13-14H,4,11-12H2. The van der Waals surface area contributed by atoms with Gasteiger partial charge in [-0.05, 0) is 17.7 Å². The lowest BCUT2D eigenvalue weighted by atomic mass is 10.0. The van der Waals surface area contributed by atoms with E-state index in [0.29, 0.717) is 5.56 Å². The van der Waals surface area contributed by atoms with Crippen LogP contribution in [0.3, 0.4) is 0 Å². The molecule has 0 amide bonds. The number of halogens is 1. The van der Waals surface area contributed by atoms with Crippen molar-refractivity contribution in [2.45, 2.75) is 12.2 Å². The van der Waals surface area contributed by atoms with Crippen molar-refractivity contribution in [3.8, 4) is 0 Å². The zero-order chi connectivity index (χ0) is 10.7. The monoisotopic (exact) mass is 200 g/mol. The van der Waals surface area contributed by atoms with Crippen LogP contribution in [0.2, 0.25) is 0 Å². The molecule has 0 heterocycles. The van der Waals surface area contributed by atoms with Crippen LogP contribution in [-0.4, -0.2) is 22.9 Å². The van der Waals surface area contributed by atoms with E-state index in [2.05, 4.69) is 0 Å². The highest BCUT2D eigenvalue weighted by atomic mass is 19.1. The number of aliphatic hydroxyl groups is 2. The molecule has 2 unspecified atom stereocenters. The normalized spacial score (nSPS) is 15.1. The van der Waals surface area contributed by atoms with Crippen molar-refractivity contribution < 1.29 is 14.6 Å². The molecule has 4 nitrogen and oxygen atoms in total. The lowest BCUT2D eigenvalue weighted by molar-refractivity contribution is 0.0243. The van der Waals surface area contributed by atoms with Crippen molar-refractivity contribution in [1.29, 1.82) is 0 Å². The highest BCUT2D eigenvalue weighted by molar-refractivity contribution is 5.43. The molecule has 1 aromatic carbocycles. The van der Waals surface area contributed by atoms with Crippen LogP contribution in [0.15, 0.2) is 18.2 Å². The first-order valence-electron chi connectivity index (χ1n) is 4.17. The molecule has 14 heavy (non-hydrogen) atoms. The topological polar surface area (TPSA) is 92.5 Å². The Hall–Kier alpha value is -1.17. The molecule has 0 fully saturated rings. The largest absolute Gasteiger partial charge is 0.396 e. The summed E-state index contributed by atoms with van der Waals surface area (Å²) in [6, 6.07) is 3.77. The van der Waals surface area contributed by atoms with Crippen LogP contribution < -0.4 is 11.5 Å². The number of hydrogen-bond acceptors (Lipinski definition) is 4. The van der Waals surface area contributed by atoms with Crippen molar-refractivity contribution in [3.63, 3.8) is 0 Å². The summed E-state index contributed by atoms with van der Waals surface area (Å²) in [5.74, 6) is -0.553. The zero-order valence-corrected chi connectivity index (χ0v) is 7.52. The average Bonchev–Trinajstić information content (AvgIpc) is 2.20. The lowest BCUT2D eigenvalue weighted by Crippen LogP contribution is -2.27. The van der Waals surface area contributed by atoms with Crippen LogP contribution in [-0.2, 0) is 0 Å². The van der Waals surface area contributed by atoms with E-state index >= 15 is 0 Å². The van der Waals surface area contributed by atoms with Gasteiger partial charge >= 0.3 is 0 Å². The molecule has 0 aromatic heterocycles. The molecule has 0 radical (unpaired) electrons. The minimum absolute atomic E-state index is 0.0641. The number of aliphatic hydroxyl groups excluding tert-OH is 2. The van der Waals surface area contributed by atoms with Crippen molar-refractivity contribution in [3.05, 3.63) is 29.6 Å². The first kappa shape index (κ1) is 10.9. The van der Waals surface area contributed by atoms with Gasteiger partial charge in [-0.25, -0.2) is 4.39 Å². The van der Waals surface area contributed by atoms with E-state index in [9.17, 15) is 14.6 Å². The number of hydrogen-bond donors (Lipinski definition) is 4. The third-order valence-electron chi connectivity index (χ3n) is 1.97. The van der Waals surface area contributed by atoms with E-state index in [1.54, 1.807) is 0 Å². The molecule has 1 aromatic rings. The fourth-order valence-corrected chi connectivity index (χ4v) is 1.10. The van der Waals surface area contributed by atoms with Crippen molar-refractivity contribution in [2.75, 3.05) is 12.3 Å². The van der Waals surface area contributed by atoms with Gasteiger partial charge in [0.15, 0.2) is 0 Å². The second kappa shape index (κ2) is 4.36. The molecule has 0 saturated carbocycles. The van der Waals surface area contributed by atoms with Crippen LogP contribution in [0.1, 0.15) is 11.7 Å². The minimum atomic E-state index is -1.14. The van der Waals surface area contributed by atoms with Gasteiger partial charge in [0.1, 0.15) is 11.9 Å².